The summed E-state index contributed by atoms with van der Waals surface area (Å²) in [5.74, 6) is 1.07. The predicted molar refractivity (Wildman–Crippen MR) is 110 cm³/mol. The van der Waals surface area contributed by atoms with E-state index in [2.05, 4.69) is 4.98 Å². The van der Waals surface area contributed by atoms with E-state index in [-0.39, 0.29) is 17.3 Å². The van der Waals surface area contributed by atoms with Gasteiger partial charge in [-0.15, -0.1) is 11.8 Å². The maximum absolute atomic E-state index is 12.0. The van der Waals surface area contributed by atoms with Gasteiger partial charge < -0.3 is 14.6 Å². The van der Waals surface area contributed by atoms with Crippen LogP contribution in [0.15, 0.2) is 46.5 Å². The zero-order valence-electron chi connectivity index (χ0n) is 16.7. The van der Waals surface area contributed by atoms with Gasteiger partial charge in [-0.3, -0.25) is 4.79 Å². The second-order valence-electron chi connectivity index (χ2n) is 6.32. The minimum Gasteiger partial charge on any atom is -0.493 e. The Labute approximate surface area is 174 Å². The lowest BCUT2D eigenvalue weighted by Crippen LogP contribution is -2.22. The molecule has 1 aromatic heterocycles. The average Bonchev–Trinajstić information content (AvgIpc) is 2.70. The summed E-state index contributed by atoms with van der Waals surface area (Å²) in [6.07, 6.45) is 0.506. The molecule has 0 bridgehead atoms. The Bertz CT molecular complexity index is 946. The number of Topliss-reactive ketones (excluding diaryl/α,β-unsaturated/α-hetero) is 1. The van der Waals surface area contributed by atoms with Crippen molar-refractivity contribution in [1.82, 2.24) is 9.29 Å². The van der Waals surface area contributed by atoms with Crippen LogP contribution in [-0.4, -0.2) is 68.3 Å². The van der Waals surface area contributed by atoms with Crippen molar-refractivity contribution in [3.63, 3.8) is 0 Å². The SMILES string of the molecule is COc1cc(C(C)=O)ccc1OCC(O)CSc1ccc(S(=O)(=O)N(C)C)cn1. The van der Waals surface area contributed by atoms with Crippen molar-refractivity contribution in [2.24, 2.45) is 0 Å². The number of hydrogen-bond donors (Lipinski definition) is 1. The minimum atomic E-state index is -3.52. The van der Waals surface area contributed by atoms with Crippen molar-refractivity contribution < 1.29 is 27.8 Å². The van der Waals surface area contributed by atoms with Crippen LogP contribution in [0.5, 0.6) is 11.5 Å². The number of pyridine rings is 1. The van der Waals surface area contributed by atoms with Crippen molar-refractivity contribution in [2.75, 3.05) is 33.6 Å². The summed E-state index contributed by atoms with van der Waals surface area (Å²) in [6, 6.07) is 7.93. The lowest BCUT2D eigenvalue weighted by Gasteiger charge is -2.15. The molecule has 1 unspecified atom stereocenters. The van der Waals surface area contributed by atoms with Crippen LogP contribution in [0.2, 0.25) is 0 Å². The summed E-state index contributed by atoms with van der Waals surface area (Å²) >= 11 is 1.28. The number of ketones is 1. The quantitative estimate of drug-likeness (QED) is 0.442. The number of aromatic nitrogens is 1. The van der Waals surface area contributed by atoms with E-state index in [0.29, 0.717) is 27.8 Å². The number of nitrogens with zero attached hydrogens (tertiary/aromatic N) is 2. The summed E-state index contributed by atoms with van der Waals surface area (Å²) in [4.78, 5) is 15.7. The zero-order valence-corrected chi connectivity index (χ0v) is 18.3. The van der Waals surface area contributed by atoms with Gasteiger partial charge in [0.15, 0.2) is 17.3 Å². The summed E-state index contributed by atoms with van der Waals surface area (Å²) in [6.45, 7) is 1.49. The summed E-state index contributed by atoms with van der Waals surface area (Å²) in [7, 11) is 0.867. The molecule has 0 spiro atoms. The smallest absolute Gasteiger partial charge is 0.244 e. The normalized spacial score (nSPS) is 12.6. The Morgan fingerprint density at radius 3 is 2.52 bits per heavy atom. The molecule has 0 fully saturated rings. The van der Waals surface area contributed by atoms with Gasteiger partial charge >= 0.3 is 0 Å². The van der Waals surface area contributed by atoms with E-state index in [1.54, 1.807) is 24.3 Å². The van der Waals surface area contributed by atoms with Gasteiger partial charge in [-0.25, -0.2) is 17.7 Å². The van der Waals surface area contributed by atoms with E-state index in [1.165, 1.54) is 52.2 Å². The molecule has 0 saturated carbocycles. The van der Waals surface area contributed by atoms with Gasteiger partial charge in [-0.2, -0.15) is 0 Å². The fraction of sp³-hybridized carbons (Fsp3) is 0.368. The van der Waals surface area contributed by atoms with E-state index in [1.807, 2.05) is 0 Å². The van der Waals surface area contributed by atoms with Gasteiger partial charge in [0.25, 0.3) is 0 Å². The summed E-state index contributed by atoms with van der Waals surface area (Å²) in [5, 5.41) is 10.8. The third kappa shape index (κ3) is 6.17. The van der Waals surface area contributed by atoms with E-state index in [0.717, 1.165) is 4.31 Å². The highest BCUT2D eigenvalue weighted by Crippen LogP contribution is 2.28. The number of aliphatic hydroxyl groups is 1. The summed E-state index contributed by atoms with van der Waals surface area (Å²) in [5.41, 5.74) is 0.510. The van der Waals surface area contributed by atoms with Gasteiger partial charge in [0.2, 0.25) is 10.0 Å². The first-order chi connectivity index (χ1) is 13.6. The maximum Gasteiger partial charge on any atom is 0.244 e. The first-order valence-electron chi connectivity index (χ1n) is 8.66. The highest BCUT2D eigenvalue weighted by atomic mass is 32.2. The molecule has 2 aromatic rings. The molecule has 0 aliphatic heterocycles. The van der Waals surface area contributed by atoms with Crippen LogP contribution in [0, 0.1) is 0 Å². The molecule has 1 heterocycles. The molecule has 158 valence electrons. The number of thioether (sulfide) groups is 1. The predicted octanol–water partition coefficient (Wildman–Crippen LogP) is 2.08. The van der Waals surface area contributed by atoms with Gasteiger partial charge in [-0.05, 0) is 37.3 Å². The standard InChI is InChI=1S/C19H24N2O6S2/c1-13(22)14-5-7-17(18(9-14)26-4)27-11-15(23)12-28-19-8-6-16(10-20-19)29(24,25)21(2)3/h5-10,15,23H,11-12H2,1-4H3. The molecule has 8 nitrogen and oxygen atoms in total. The van der Waals surface area contributed by atoms with Crippen LogP contribution in [-0.2, 0) is 10.0 Å². The van der Waals surface area contributed by atoms with Crippen LogP contribution in [0.1, 0.15) is 17.3 Å². The first kappa shape index (κ1) is 23.1. The third-order valence-electron chi connectivity index (χ3n) is 3.91. The first-order valence-corrected chi connectivity index (χ1v) is 11.1. The maximum atomic E-state index is 12.0. The molecule has 10 heteroatoms. The lowest BCUT2D eigenvalue weighted by atomic mass is 10.1. The summed E-state index contributed by atoms with van der Waals surface area (Å²) < 4.78 is 36.0. The Kier molecular flexibility index (Phi) is 8.03. The average molecular weight is 441 g/mol. The Morgan fingerprint density at radius 1 is 1.24 bits per heavy atom. The van der Waals surface area contributed by atoms with Crippen molar-refractivity contribution >= 4 is 27.6 Å². The number of hydrogen-bond acceptors (Lipinski definition) is 8. The lowest BCUT2D eigenvalue weighted by molar-refractivity contribution is 0.101. The zero-order chi connectivity index (χ0) is 21.6. The van der Waals surface area contributed by atoms with Gasteiger partial charge in [-0.1, -0.05) is 0 Å². The molecule has 0 saturated heterocycles. The highest BCUT2D eigenvalue weighted by molar-refractivity contribution is 7.99. The molecule has 1 aromatic carbocycles. The molecule has 0 amide bonds. The van der Waals surface area contributed by atoms with E-state index in [4.69, 9.17) is 9.47 Å². The van der Waals surface area contributed by atoms with Crippen molar-refractivity contribution in [2.45, 2.75) is 22.9 Å². The molecule has 0 radical (unpaired) electrons. The number of rotatable bonds is 10. The van der Waals surface area contributed by atoms with Gasteiger partial charge in [0.1, 0.15) is 11.5 Å². The van der Waals surface area contributed by atoms with E-state index < -0.39 is 16.1 Å². The fourth-order valence-corrected chi connectivity index (χ4v) is 3.84. The number of methoxy groups -OCH3 is 1. The molecule has 29 heavy (non-hydrogen) atoms. The van der Waals surface area contributed by atoms with Crippen LogP contribution < -0.4 is 9.47 Å². The molecule has 0 aliphatic carbocycles. The topological polar surface area (TPSA) is 106 Å². The molecule has 0 aliphatic rings. The number of benzene rings is 1. The van der Waals surface area contributed by atoms with Crippen molar-refractivity contribution in [1.29, 1.82) is 0 Å². The largest absolute Gasteiger partial charge is 0.493 e. The van der Waals surface area contributed by atoms with Gasteiger partial charge in [0, 0.05) is 31.6 Å². The monoisotopic (exact) mass is 440 g/mol. The highest BCUT2D eigenvalue weighted by Gasteiger charge is 2.17. The Morgan fingerprint density at radius 2 is 1.97 bits per heavy atom. The number of sulfonamides is 1. The number of carbonyl (C=O) groups excluding carboxylic acids is 1. The van der Waals surface area contributed by atoms with Crippen LogP contribution >= 0.6 is 11.8 Å². The molecule has 2 rings (SSSR count). The molecular formula is C19H24N2O6S2. The molecular weight excluding hydrogens is 416 g/mol. The van der Waals surface area contributed by atoms with Crippen LogP contribution in [0.4, 0.5) is 0 Å². The third-order valence-corrected chi connectivity index (χ3v) is 6.80. The minimum absolute atomic E-state index is 0.0237. The van der Waals surface area contributed by atoms with Crippen molar-refractivity contribution in [3.8, 4) is 11.5 Å². The Balaban J connectivity index is 1.91. The van der Waals surface area contributed by atoms with Crippen molar-refractivity contribution in [3.05, 3.63) is 42.1 Å². The number of ether oxygens (including phenoxy) is 2. The fourth-order valence-electron chi connectivity index (χ4n) is 2.24. The second kappa shape index (κ2) is 10.1. The Hall–Kier alpha value is -2.14. The van der Waals surface area contributed by atoms with E-state index >= 15 is 0 Å². The number of carbonyl (C=O) groups is 1. The van der Waals surface area contributed by atoms with E-state index in [9.17, 15) is 18.3 Å². The molecule has 1 atom stereocenters. The van der Waals surface area contributed by atoms with Crippen LogP contribution in [0.3, 0.4) is 0 Å². The second-order valence-corrected chi connectivity index (χ2v) is 9.51. The molecule has 1 N–H and O–H groups in total. The number of aliphatic hydroxyl groups excluding tert-OH is 1. The van der Waals surface area contributed by atoms with Crippen LogP contribution in [0.25, 0.3) is 0 Å². The van der Waals surface area contributed by atoms with Gasteiger partial charge in [0.05, 0.1) is 18.2 Å².